The molecule has 4 rings (SSSR count). The first-order valence-corrected chi connectivity index (χ1v) is 7.94. The van der Waals surface area contributed by atoms with Crippen molar-refractivity contribution in [2.75, 3.05) is 11.4 Å². The molecule has 1 aromatic rings. The lowest BCUT2D eigenvalue weighted by atomic mass is 9.73. The molecule has 0 aromatic heterocycles. The lowest BCUT2D eigenvalue weighted by Crippen LogP contribution is -2.54. The summed E-state index contributed by atoms with van der Waals surface area (Å²) in [6, 6.07) is 10.6. The molecule has 1 heterocycles. The topological polar surface area (TPSA) is 41.6 Å². The van der Waals surface area contributed by atoms with Crippen LogP contribution in [0.5, 0.6) is 0 Å². The normalized spacial score (nSPS) is 33.5. The van der Waals surface area contributed by atoms with E-state index >= 15 is 0 Å². The zero-order chi connectivity index (χ0) is 13.6. The van der Waals surface area contributed by atoms with Crippen molar-refractivity contribution in [2.45, 2.75) is 44.1 Å². The van der Waals surface area contributed by atoms with Gasteiger partial charge in [-0.15, -0.1) is 0 Å². The highest BCUT2D eigenvalue weighted by atomic mass is 15.4. The Labute approximate surface area is 120 Å². The van der Waals surface area contributed by atoms with Crippen LogP contribution in [-0.4, -0.2) is 18.0 Å². The van der Waals surface area contributed by atoms with Gasteiger partial charge < -0.3 is 10.6 Å². The summed E-state index contributed by atoms with van der Waals surface area (Å²) in [5.41, 5.74) is 7.60. The smallest absolute Gasteiger partial charge is 0.196 e. The maximum Gasteiger partial charge on any atom is 0.196 e. The van der Waals surface area contributed by atoms with Gasteiger partial charge in [0.15, 0.2) is 5.96 Å². The number of anilines is 1. The predicted molar refractivity (Wildman–Crippen MR) is 82.8 cm³/mol. The van der Waals surface area contributed by atoms with E-state index in [0.29, 0.717) is 5.96 Å². The molecule has 2 atom stereocenters. The fourth-order valence-electron chi connectivity index (χ4n) is 4.30. The van der Waals surface area contributed by atoms with E-state index in [1.54, 1.807) is 0 Å². The molecular weight excluding hydrogens is 246 g/mol. The predicted octanol–water partition coefficient (Wildman–Crippen LogP) is 3.16. The lowest BCUT2D eigenvalue weighted by Gasteiger charge is -2.45. The zero-order valence-electron chi connectivity index (χ0n) is 12.0. The third kappa shape index (κ3) is 1.91. The number of benzene rings is 1. The molecule has 2 fully saturated rings. The third-order valence-electron chi connectivity index (χ3n) is 5.40. The average Bonchev–Trinajstić information content (AvgIpc) is 3.28. The third-order valence-corrected chi connectivity index (χ3v) is 5.40. The van der Waals surface area contributed by atoms with Crippen LogP contribution in [0.1, 0.15) is 38.5 Å². The van der Waals surface area contributed by atoms with Gasteiger partial charge in [0, 0.05) is 5.69 Å². The number of hydrogen-bond acceptors (Lipinski definition) is 3. The zero-order valence-corrected chi connectivity index (χ0v) is 12.0. The quantitative estimate of drug-likeness (QED) is 0.896. The molecule has 3 nitrogen and oxygen atoms in total. The average molecular weight is 269 g/mol. The first-order valence-electron chi connectivity index (χ1n) is 7.94. The molecule has 3 aliphatic rings. The Morgan fingerprint density at radius 2 is 1.90 bits per heavy atom. The molecule has 0 bridgehead atoms. The summed E-state index contributed by atoms with van der Waals surface area (Å²) in [6.45, 7) is 0.886. The second-order valence-corrected chi connectivity index (χ2v) is 6.76. The molecular formula is C17H23N3. The number of rotatable bonds is 2. The van der Waals surface area contributed by atoms with Crippen LogP contribution in [0.4, 0.5) is 5.69 Å². The molecule has 2 N–H and O–H groups in total. The van der Waals surface area contributed by atoms with Crippen LogP contribution in [0.3, 0.4) is 0 Å². The maximum absolute atomic E-state index is 6.23. The number of nitrogens with two attached hydrogens (primary N) is 1. The summed E-state index contributed by atoms with van der Waals surface area (Å²) in [4.78, 5) is 6.94. The van der Waals surface area contributed by atoms with Crippen molar-refractivity contribution < 1.29 is 0 Å². The van der Waals surface area contributed by atoms with E-state index in [0.717, 1.165) is 18.4 Å². The summed E-state index contributed by atoms with van der Waals surface area (Å²) in [5, 5.41) is 0. The van der Waals surface area contributed by atoms with E-state index in [1.807, 2.05) is 0 Å². The number of guanidine groups is 1. The van der Waals surface area contributed by atoms with E-state index in [-0.39, 0.29) is 5.54 Å². The van der Waals surface area contributed by atoms with Crippen LogP contribution in [0.15, 0.2) is 35.3 Å². The van der Waals surface area contributed by atoms with E-state index in [2.05, 4.69) is 40.2 Å². The van der Waals surface area contributed by atoms with Crippen molar-refractivity contribution >= 4 is 11.6 Å². The highest BCUT2D eigenvalue weighted by molar-refractivity contribution is 5.98. The van der Waals surface area contributed by atoms with Crippen LogP contribution in [0.2, 0.25) is 0 Å². The number of para-hydroxylation sites is 1. The van der Waals surface area contributed by atoms with Gasteiger partial charge in [-0.05, 0) is 49.7 Å². The van der Waals surface area contributed by atoms with Gasteiger partial charge in [-0.3, -0.25) is 4.99 Å². The maximum atomic E-state index is 6.23. The summed E-state index contributed by atoms with van der Waals surface area (Å²) < 4.78 is 0. The Hall–Kier alpha value is -1.51. The van der Waals surface area contributed by atoms with E-state index in [4.69, 9.17) is 5.73 Å². The molecule has 2 saturated carbocycles. The molecule has 2 unspecified atom stereocenters. The highest BCUT2D eigenvalue weighted by Gasteiger charge is 2.48. The summed E-state index contributed by atoms with van der Waals surface area (Å²) in [6.07, 6.45) is 8.14. The van der Waals surface area contributed by atoms with Gasteiger partial charge in [-0.1, -0.05) is 31.0 Å². The fourth-order valence-corrected chi connectivity index (χ4v) is 4.30. The minimum Gasteiger partial charge on any atom is -0.369 e. The second-order valence-electron chi connectivity index (χ2n) is 6.76. The molecule has 1 aromatic carbocycles. The number of nitrogens with zero attached hydrogens (tertiary/aromatic N) is 2. The lowest BCUT2D eigenvalue weighted by molar-refractivity contribution is 0.219. The standard InChI is InChI=1S/C17H23N3/c18-16-19-12-17(20(16)15-6-2-1-3-7-15)10-4-5-14(11-17)13-8-9-13/h1-3,6-7,13-14H,4-5,8-12H2,(H2,18,19). The molecule has 3 heteroatoms. The van der Waals surface area contributed by atoms with Crippen LogP contribution in [-0.2, 0) is 0 Å². The van der Waals surface area contributed by atoms with Crippen molar-refractivity contribution in [3.8, 4) is 0 Å². The van der Waals surface area contributed by atoms with Crippen LogP contribution >= 0.6 is 0 Å². The second kappa shape index (κ2) is 4.51. The first-order chi connectivity index (χ1) is 9.78. The molecule has 1 aliphatic heterocycles. The van der Waals surface area contributed by atoms with Gasteiger partial charge in [0.05, 0.1) is 12.1 Å². The van der Waals surface area contributed by atoms with Gasteiger partial charge in [0.2, 0.25) is 0 Å². The number of aliphatic imine (C=N–C) groups is 1. The van der Waals surface area contributed by atoms with Gasteiger partial charge in [0.25, 0.3) is 0 Å². The molecule has 0 saturated heterocycles. The SMILES string of the molecule is NC1=NCC2(CCCC(C3CC3)C2)N1c1ccccc1. The Kier molecular flexibility index (Phi) is 2.76. The Morgan fingerprint density at radius 1 is 1.10 bits per heavy atom. The van der Waals surface area contributed by atoms with Gasteiger partial charge in [-0.25, -0.2) is 0 Å². The van der Waals surface area contributed by atoms with E-state index in [1.165, 1.54) is 44.2 Å². The molecule has 106 valence electrons. The fraction of sp³-hybridized carbons (Fsp3) is 0.588. The minimum atomic E-state index is 0.164. The molecule has 1 spiro atoms. The van der Waals surface area contributed by atoms with Crippen molar-refractivity contribution in [2.24, 2.45) is 22.6 Å². The molecule has 0 amide bonds. The van der Waals surface area contributed by atoms with E-state index in [9.17, 15) is 0 Å². The Bertz CT molecular complexity index is 520. The minimum absolute atomic E-state index is 0.164. The summed E-state index contributed by atoms with van der Waals surface area (Å²) in [7, 11) is 0. The number of hydrogen-bond donors (Lipinski definition) is 1. The Balaban J connectivity index is 1.66. The monoisotopic (exact) mass is 269 g/mol. The summed E-state index contributed by atoms with van der Waals surface area (Å²) >= 11 is 0. The van der Waals surface area contributed by atoms with Gasteiger partial charge in [-0.2, -0.15) is 0 Å². The van der Waals surface area contributed by atoms with Crippen molar-refractivity contribution in [1.29, 1.82) is 0 Å². The van der Waals surface area contributed by atoms with E-state index < -0.39 is 0 Å². The van der Waals surface area contributed by atoms with Crippen LogP contribution in [0.25, 0.3) is 0 Å². The van der Waals surface area contributed by atoms with Crippen LogP contribution in [0, 0.1) is 11.8 Å². The summed E-state index contributed by atoms with van der Waals surface area (Å²) in [5.74, 6) is 2.61. The highest BCUT2D eigenvalue weighted by Crippen LogP contribution is 2.49. The molecule has 20 heavy (non-hydrogen) atoms. The molecule has 0 radical (unpaired) electrons. The van der Waals surface area contributed by atoms with Gasteiger partial charge in [0.1, 0.15) is 0 Å². The first kappa shape index (κ1) is 12.2. The largest absolute Gasteiger partial charge is 0.369 e. The van der Waals surface area contributed by atoms with Crippen LogP contribution < -0.4 is 10.6 Å². The van der Waals surface area contributed by atoms with Crippen molar-refractivity contribution in [3.63, 3.8) is 0 Å². The molecule has 2 aliphatic carbocycles. The van der Waals surface area contributed by atoms with Gasteiger partial charge >= 0.3 is 0 Å². The van der Waals surface area contributed by atoms with Crippen molar-refractivity contribution in [1.82, 2.24) is 0 Å². The Morgan fingerprint density at radius 3 is 2.65 bits per heavy atom. The van der Waals surface area contributed by atoms with Crippen molar-refractivity contribution in [3.05, 3.63) is 30.3 Å².